The number of benzene rings is 2. The average molecular weight is 469 g/mol. The summed E-state index contributed by atoms with van der Waals surface area (Å²) in [4.78, 5) is 7.63. The largest absolute Gasteiger partial charge is 0.361 e. The molecule has 2 aromatic carbocycles. The van der Waals surface area contributed by atoms with Crippen molar-refractivity contribution in [2.24, 2.45) is 0 Å². The minimum atomic E-state index is -3.35. The molecule has 0 saturated heterocycles. The molecule has 3 heterocycles. The van der Waals surface area contributed by atoms with Crippen LogP contribution in [0.15, 0.2) is 60.9 Å². The summed E-state index contributed by atoms with van der Waals surface area (Å²) in [7, 11) is 0.772. The number of hydrogen-bond donors (Lipinski definition) is 1. The van der Waals surface area contributed by atoms with Crippen molar-refractivity contribution >= 4 is 31.9 Å². The van der Waals surface area contributed by atoms with E-state index in [9.17, 15) is 8.42 Å². The second-order valence-electron chi connectivity index (χ2n) is 8.72. The van der Waals surface area contributed by atoms with Gasteiger partial charge >= 0.3 is 0 Å². The number of aromatic nitrogens is 2. The van der Waals surface area contributed by atoms with Crippen LogP contribution in [-0.4, -0.2) is 67.8 Å². The first kappa shape index (κ1) is 23.5. The molecule has 0 atom stereocenters. The standard InChI is InChI=1S/C13H18N2O3S.C12H14N2/c1-15(8-9-18-19(2,16)17)10-12-5-3-4-11-6-7-14-13(11)12;1-13-7-8-14-6-5-10-3-2-4-11(9-13)12(10)14/h3-7,14H,8-10H2,1-2H3;2-6H,7-9H2,1H3. The average Bonchev–Trinajstić information content (AvgIpc) is 3.36. The molecule has 0 amide bonds. The van der Waals surface area contributed by atoms with Gasteiger partial charge in [-0.2, -0.15) is 8.42 Å². The minimum Gasteiger partial charge on any atom is -0.361 e. The molecule has 7 nitrogen and oxygen atoms in total. The second-order valence-corrected chi connectivity index (χ2v) is 10.4. The zero-order valence-corrected chi connectivity index (χ0v) is 20.3. The topological polar surface area (TPSA) is 70.6 Å². The van der Waals surface area contributed by atoms with Crippen molar-refractivity contribution in [3.8, 4) is 0 Å². The molecular weight excluding hydrogens is 436 g/mol. The van der Waals surface area contributed by atoms with Crippen LogP contribution in [0.1, 0.15) is 11.1 Å². The number of aromatic amines is 1. The van der Waals surface area contributed by atoms with Gasteiger partial charge in [-0.1, -0.05) is 36.4 Å². The Bertz CT molecular complexity index is 1330. The van der Waals surface area contributed by atoms with E-state index in [1.165, 1.54) is 27.4 Å². The maximum Gasteiger partial charge on any atom is 0.264 e. The van der Waals surface area contributed by atoms with Crippen LogP contribution in [0.25, 0.3) is 21.8 Å². The van der Waals surface area contributed by atoms with Gasteiger partial charge in [-0.15, -0.1) is 0 Å². The molecular formula is C25H32N4O3S. The number of rotatable bonds is 6. The summed E-state index contributed by atoms with van der Waals surface area (Å²) in [6, 6.07) is 17.0. The number of H-pyrrole nitrogens is 1. The van der Waals surface area contributed by atoms with Crippen molar-refractivity contribution in [3.05, 3.63) is 72.1 Å². The van der Waals surface area contributed by atoms with E-state index in [2.05, 4.69) is 64.1 Å². The molecule has 0 spiro atoms. The van der Waals surface area contributed by atoms with Crippen LogP contribution >= 0.6 is 0 Å². The lowest BCUT2D eigenvalue weighted by Gasteiger charge is -2.16. The fraction of sp³-hybridized carbons (Fsp3) is 0.360. The summed E-state index contributed by atoms with van der Waals surface area (Å²) in [5.41, 5.74) is 5.19. The van der Waals surface area contributed by atoms with E-state index >= 15 is 0 Å². The third-order valence-corrected chi connectivity index (χ3v) is 6.51. The Hall–Kier alpha value is -2.65. The predicted octanol–water partition coefficient (Wildman–Crippen LogP) is 3.66. The predicted molar refractivity (Wildman–Crippen MR) is 134 cm³/mol. The van der Waals surface area contributed by atoms with Crippen LogP contribution < -0.4 is 0 Å². The van der Waals surface area contributed by atoms with Crippen molar-refractivity contribution < 1.29 is 12.6 Å². The van der Waals surface area contributed by atoms with Crippen LogP contribution in [0.4, 0.5) is 0 Å². The number of fused-ring (bicyclic) bond motifs is 1. The highest BCUT2D eigenvalue weighted by Crippen LogP contribution is 2.23. The maximum absolute atomic E-state index is 10.9. The number of likely N-dealkylation sites (N-methyl/N-ethyl adjacent to an activating group) is 2. The van der Waals surface area contributed by atoms with Gasteiger partial charge in [0.15, 0.2) is 0 Å². The van der Waals surface area contributed by atoms with E-state index in [0.29, 0.717) is 6.54 Å². The fourth-order valence-corrected chi connectivity index (χ4v) is 4.68. The van der Waals surface area contributed by atoms with Gasteiger partial charge in [-0.25, -0.2) is 0 Å². The Balaban J connectivity index is 0.000000163. The molecule has 5 rings (SSSR count). The maximum atomic E-state index is 10.9. The van der Waals surface area contributed by atoms with E-state index in [1.807, 2.05) is 30.3 Å². The summed E-state index contributed by atoms with van der Waals surface area (Å²) >= 11 is 0. The van der Waals surface area contributed by atoms with Crippen LogP contribution in [0, 0.1) is 0 Å². The van der Waals surface area contributed by atoms with Crippen molar-refractivity contribution in [2.45, 2.75) is 19.6 Å². The lowest BCUT2D eigenvalue weighted by Crippen LogP contribution is -2.24. The molecule has 0 radical (unpaired) electrons. The van der Waals surface area contributed by atoms with Crippen LogP contribution in [0.3, 0.4) is 0 Å². The Morgan fingerprint density at radius 1 is 1.06 bits per heavy atom. The van der Waals surface area contributed by atoms with E-state index in [4.69, 9.17) is 4.18 Å². The molecule has 0 bridgehead atoms. The molecule has 0 unspecified atom stereocenters. The summed E-state index contributed by atoms with van der Waals surface area (Å²) in [6.45, 7) is 4.79. The van der Waals surface area contributed by atoms with Gasteiger partial charge in [0.25, 0.3) is 10.1 Å². The highest BCUT2D eigenvalue weighted by Gasteiger charge is 2.12. The molecule has 8 heteroatoms. The zero-order chi connectivity index (χ0) is 23.4. The van der Waals surface area contributed by atoms with E-state index in [-0.39, 0.29) is 6.61 Å². The van der Waals surface area contributed by atoms with Gasteiger partial charge in [0, 0.05) is 50.6 Å². The third kappa shape index (κ3) is 6.03. The summed E-state index contributed by atoms with van der Waals surface area (Å²) in [5.74, 6) is 0. The SMILES string of the molecule is CN(CCOS(C)(=O)=O)Cc1cccc2cc[nH]c12.CN1CCn2ccc3cccc(c32)C1. The lowest BCUT2D eigenvalue weighted by molar-refractivity contribution is 0.238. The summed E-state index contributed by atoms with van der Waals surface area (Å²) in [5, 5.41) is 2.55. The first-order valence-electron chi connectivity index (χ1n) is 11.1. The molecule has 0 aliphatic carbocycles. The highest BCUT2D eigenvalue weighted by atomic mass is 32.2. The fourth-order valence-electron chi connectivity index (χ4n) is 4.30. The highest BCUT2D eigenvalue weighted by molar-refractivity contribution is 7.85. The van der Waals surface area contributed by atoms with Gasteiger partial charge in [0.1, 0.15) is 0 Å². The van der Waals surface area contributed by atoms with E-state index < -0.39 is 10.1 Å². The number of nitrogens with zero attached hydrogens (tertiary/aromatic N) is 3. The summed E-state index contributed by atoms with van der Waals surface area (Å²) < 4.78 is 28.8. The first-order chi connectivity index (χ1) is 15.8. The van der Waals surface area contributed by atoms with Gasteiger partial charge in [-0.3, -0.25) is 9.08 Å². The second kappa shape index (κ2) is 10.1. The molecule has 33 heavy (non-hydrogen) atoms. The minimum absolute atomic E-state index is 0.177. The van der Waals surface area contributed by atoms with Gasteiger partial charge in [0.05, 0.1) is 18.4 Å². The van der Waals surface area contributed by atoms with E-state index in [0.717, 1.165) is 38.0 Å². The van der Waals surface area contributed by atoms with E-state index in [1.54, 1.807) is 0 Å². The Morgan fingerprint density at radius 2 is 1.85 bits per heavy atom. The van der Waals surface area contributed by atoms with Crippen LogP contribution in [0.5, 0.6) is 0 Å². The lowest BCUT2D eigenvalue weighted by atomic mass is 10.1. The van der Waals surface area contributed by atoms with Crippen molar-refractivity contribution in [1.29, 1.82) is 0 Å². The summed E-state index contributed by atoms with van der Waals surface area (Å²) in [6.07, 6.45) is 5.18. The monoisotopic (exact) mass is 468 g/mol. The normalized spacial score (nSPS) is 14.4. The van der Waals surface area contributed by atoms with Gasteiger partial charge in [-0.05, 0) is 48.1 Å². The quantitative estimate of drug-likeness (QED) is 0.437. The molecule has 2 aromatic heterocycles. The Morgan fingerprint density at radius 3 is 2.67 bits per heavy atom. The third-order valence-electron chi connectivity index (χ3n) is 5.92. The van der Waals surface area contributed by atoms with Crippen molar-refractivity contribution in [3.63, 3.8) is 0 Å². The zero-order valence-electron chi connectivity index (χ0n) is 19.5. The number of para-hydroxylation sites is 2. The molecule has 176 valence electrons. The van der Waals surface area contributed by atoms with Crippen molar-refractivity contribution in [1.82, 2.24) is 19.4 Å². The number of nitrogens with one attached hydrogen (secondary N) is 1. The molecule has 0 saturated carbocycles. The van der Waals surface area contributed by atoms with Crippen LogP contribution in [0.2, 0.25) is 0 Å². The molecule has 4 aromatic rings. The molecule has 0 fully saturated rings. The first-order valence-corrected chi connectivity index (χ1v) is 12.9. The molecule has 1 aliphatic rings. The van der Waals surface area contributed by atoms with Gasteiger partial charge in [0.2, 0.25) is 0 Å². The Labute approximate surface area is 195 Å². The Kier molecular flexibility index (Phi) is 7.19. The smallest absolute Gasteiger partial charge is 0.264 e. The van der Waals surface area contributed by atoms with Gasteiger partial charge < -0.3 is 14.5 Å². The molecule has 1 aliphatic heterocycles. The number of hydrogen-bond acceptors (Lipinski definition) is 5. The van der Waals surface area contributed by atoms with Crippen LogP contribution in [-0.2, 0) is 33.9 Å². The van der Waals surface area contributed by atoms with Crippen molar-refractivity contribution in [2.75, 3.05) is 40.0 Å². The molecule has 1 N–H and O–H groups in total.